The van der Waals surface area contributed by atoms with E-state index in [1.165, 1.54) is 11.3 Å². The zero-order chi connectivity index (χ0) is 19.1. The Balaban J connectivity index is 2.14. The van der Waals surface area contributed by atoms with Gasteiger partial charge in [-0.25, -0.2) is 4.98 Å². The van der Waals surface area contributed by atoms with Crippen LogP contribution in [0.2, 0.25) is 0 Å². The monoisotopic (exact) mass is 390 g/mol. The Bertz CT molecular complexity index is 1050. The lowest BCUT2D eigenvalue weighted by molar-refractivity contribution is -0.138. The molecule has 0 aliphatic heterocycles. The molecule has 0 spiro atoms. The van der Waals surface area contributed by atoms with E-state index in [-0.39, 0.29) is 5.56 Å². The van der Waals surface area contributed by atoms with E-state index in [1.54, 1.807) is 21.0 Å². The lowest BCUT2D eigenvalue weighted by atomic mass is 10.0. The second kappa shape index (κ2) is 6.77. The molecule has 2 heterocycles. The largest absolute Gasteiger partial charge is 0.496 e. The van der Waals surface area contributed by atoms with Crippen molar-refractivity contribution in [1.82, 2.24) is 9.97 Å². The number of aromatic amines is 1. The van der Waals surface area contributed by atoms with Crippen LogP contribution in [0.1, 0.15) is 19.4 Å². The number of nitrogens with zero attached hydrogens (tertiary/aromatic N) is 1. The molecule has 3 aromatic rings. The first kappa shape index (κ1) is 18.5. The second-order valence-electron chi connectivity index (χ2n) is 6.32. The molecule has 2 N–H and O–H groups in total. The predicted octanol–water partition coefficient (Wildman–Crippen LogP) is 3.92. The maximum atomic E-state index is 12.7. The van der Waals surface area contributed by atoms with Gasteiger partial charge in [-0.05, 0) is 32.9 Å². The molecule has 0 bridgehead atoms. The molecular weight excluding hydrogens is 372 g/mol. The van der Waals surface area contributed by atoms with Crippen LogP contribution in [0.4, 0.5) is 0 Å². The van der Waals surface area contributed by atoms with Crippen molar-refractivity contribution in [1.29, 1.82) is 0 Å². The first-order valence-electron chi connectivity index (χ1n) is 7.82. The quantitative estimate of drug-likeness (QED) is 0.507. The summed E-state index contributed by atoms with van der Waals surface area (Å²) in [4.78, 5) is 31.7. The molecule has 0 unspecified atom stereocenters. The number of H-pyrrole nitrogens is 1. The van der Waals surface area contributed by atoms with Crippen LogP contribution in [0.15, 0.2) is 33.5 Å². The number of thioether (sulfide) groups is 1. The summed E-state index contributed by atoms with van der Waals surface area (Å²) in [5.74, 6) is -0.290. The van der Waals surface area contributed by atoms with Gasteiger partial charge in [-0.15, -0.1) is 11.3 Å². The van der Waals surface area contributed by atoms with Crippen LogP contribution in [-0.2, 0) is 4.79 Å². The van der Waals surface area contributed by atoms with Crippen LogP contribution in [0.25, 0.3) is 21.3 Å². The van der Waals surface area contributed by atoms with Crippen molar-refractivity contribution in [2.75, 3.05) is 7.11 Å². The molecule has 2 aromatic heterocycles. The third-order valence-corrected chi connectivity index (χ3v) is 5.88. The Hall–Kier alpha value is -2.32. The van der Waals surface area contributed by atoms with Crippen molar-refractivity contribution in [3.63, 3.8) is 0 Å². The molecule has 0 aliphatic rings. The number of hydrogen-bond acceptors (Lipinski definition) is 6. The Morgan fingerprint density at radius 2 is 2.08 bits per heavy atom. The lowest BCUT2D eigenvalue weighted by Gasteiger charge is -2.17. The van der Waals surface area contributed by atoms with E-state index in [9.17, 15) is 14.7 Å². The number of methoxy groups -OCH3 is 1. The molecule has 3 rings (SSSR count). The molecule has 6 nitrogen and oxygen atoms in total. The fourth-order valence-corrected chi connectivity index (χ4v) is 4.34. The smallest absolute Gasteiger partial charge is 0.319 e. The highest BCUT2D eigenvalue weighted by molar-refractivity contribution is 8.01. The molecular formula is C18H18N2O4S2. The molecule has 0 aliphatic carbocycles. The van der Waals surface area contributed by atoms with Crippen molar-refractivity contribution in [2.45, 2.75) is 30.7 Å². The molecule has 26 heavy (non-hydrogen) atoms. The van der Waals surface area contributed by atoms with Crippen LogP contribution in [0.5, 0.6) is 5.75 Å². The number of carbonyl (C=O) groups is 1. The third kappa shape index (κ3) is 3.34. The van der Waals surface area contributed by atoms with Gasteiger partial charge in [0.05, 0.1) is 12.5 Å². The number of rotatable bonds is 5. The number of ether oxygens (including phenoxy) is 1. The molecule has 0 saturated heterocycles. The lowest BCUT2D eigenvalue weighted by Crippen LogP contribution is -2.27. The van der Waals surface area contributed by atoms with Crippen molar-refractivity contribution in [3.8, 4) is 16.9 Å². The molecule has 0 radical (unpaired) electrons. The van der Waals surface area contributed by atoms with Gasteiger partial charge in [0.15, 0.2) is 5.16 Å². The third-order valence-electron chi connectivity index (χ3n) is 3.93. The maximum Gasteiger partial charge on any atom is 0.319 e. The van der Waals surface area contributed by atoms with E-state index in [0.29, 0.717) is 21.1 Å². The van der Waals surface area contributed by atoms with E-state index in [1.807, 2.05) is 30.5 Å². The van der Waals surface area contributed by atoms with Gasteiger partial charge in [-0.1, -0.05) is 23.4 Å². The van der Waals surface area contributed by atoms with Gasteiger partial charge in [0.1, 0.15) is 15.3 Å². The number of fused-ring (bicyclic) bond motifs is 1. The zero-order valence-electron chi connectivity index (χ0n) is 14.7. The molecule has 0 amide bonds. The van der Waals surface area contributed by atoms with Crippen LogP contribution in [0, 0.1) is 6.92 Å². The van der Waals surface area contributed by atoms with Gasteiger partial charge in [0, 0.05) is 16.5 Å². The van der Waals surface area contributed by atoms with Crippen molar-refractivity contribution >= 4 is 39.3 Å². The predicted molar refractivity (Wildman–Crippen MR) is 105 cm³/mol. The summed E-state index contributed by atoms with van der Waals surface area (Å²) in [5, 5.41) is 11.9. The second-order valence-corrected chi connectivity index (χ2v) is 8.79. The summed E-state index contributed by atoms with van der Waals surface area (Å²) < 4.78 is 4.34. The van der Waals surface area contributed by atoms with E-state index < -0.39 is 10.7 Å². The number of carboxylic acid groups (broad SMARTS) is 1. The van der Waals surface area contributed by atoms with Gasteiger partial charge >= 0.3 is 5.97 Å². The minimum Gasteiger partial charge on any atom is -0.496 e. The Morgan fingerprint density at radius 3 is 2.73 bits per heavy atom. The summed E-state index contributed by atoms with van der Waals surface area (Å²) in [6.45, 7) is 5.12. The van der Waals surface area contributed by atoms with Crippen LogP contribution < -0.4 is 10.3 Å². The van der Waals surface area contributed by atoms with Gasteiger partial charge < -0.3 is 14.8 Å². The first-order chi connectivity index (χ1) is 12.2. The number of carboxylic acids is 1. The van der Waals surface area contributed by atoms with E-state index in [0.717, 1.165) is 28.5 Å². The standard InChI is InChI=1S/C18H18N2O4S2/c1-9-5-6-12(24-4)10(7-9)11-8-25-15-13(11)14(21)19-17(20-15)26-18(2,3)16(22)23/h5-8H,1-4H3,(H,22,23)(H,19,20,21). The Labute approximate surface area is 158 Å². The average Bonchev–Trinajstić information content (AvgIpc) is 2.98. The molecule has 8 heteroatoms. The molecule has 136 valence electrons. The maximum absolute atomic E-state index is 12.7. The SMILES string of the molecule is COc1ccc(C)cc1-c1csc2nc(SC(C)(C)C(=O)O)[nH]c(=O)c12. The van der Waals surface area contributed by atoms with Crippen molar-refractivity contribution in [3.05, 3.63) is 39.5 Å². The van der Waals surface area contributed by atoms with Gasteiger partial charge in [-0.2, -0.15) is 0 Å². The summed E-state index contributed by atoms with van der Waals surface area (Å²) in [5.41, 5.74) is 2.35. The van der Waals surface area contributed by atoms with Crippen LogP contribution >= 0.6 is 23.1 Å². The minimum atomic E-state index is -1.09. The summed E-state index contributed by atoms with van der Waals surface area (Å²) >= 11 is 2.36. The van der Waals surface area contributed by atoms with Gasteiger partial charge in [0.25, 0.3) is 5.56 Å². The summed E-state index contributed by atoms with van der Waals surface area (Å²) in [6, 6.07) is 5.79. The minimum absolute atomic E-state index is 0.291. The number of aliphatic carboxylic acids is 1. The zero-order valence-corrected chi connectivity index (χ0v) is 16.4. The molecule has 0 fully saturated rings. The molecule has 0 atom stereocenters. The van der Waals surface area contributed by atoms with Crippen molar-refractivity contribution < 1.29 is 14.6 Å². The number of benzene rings is 1. The molecule has 0 saturated carbocycles. The van der Waals surface area contributed by atoms with Gasteiger partial charge in [-0.3, -0.25) is 9.59 Å². The van der Waals surface area contributed by atoms with E-state index in [4.69, 9.17) is 4.74 Å². The summed E-state index contributed by atoms with van der Waals surface area (Å²) in [6.07, 6.45) is 0. The van der Waals surface area contributed by atoms with Crippen LogP contribution in [-0.4, -0.2) is 32.9 Å². The highest BCUT2D eigenvalue weighted by Crippen LogP contribution is 2.38. The number of aryl methyl sites for hydroxylation is 1. The normalized spacial score (nSPS) is 11.7. The average molecular weight is 390 g/mol. The Kier molecular flexibility index (Phi) is 4.81. The highest BCUT2D eigenvalue weighted by Gasteiger charge is 2.30. The topological polar surface area (TPSA) is 92.3 Å². The van der Waals surface area contributed by atoms with E-state index in [2.05, 4.69) is 9.97 Å². The first-order valence-corrected chi connectivity index (χ1v) is 9.51. The number of nitrogens with one attached hydrogen (secondary N) is 1. The number of hydrogen-bond donors (Lipinski definition) is 2. The van der Waals surface area contributed by atoms with Crippen molar-refractivity contribution in [2.24, 2.45) is 0 Å². The van der Waals surface area contributed by atoms with Gasteiger partial charge in [0.2, 0.25) is 0 Å². The number of aromatic nitrogens is 2. The fourth-order valence-electron chi connectivity index (χ4n) is 2.49. The summed E-state index contributed by atoms with van der Waals surface area (Å²) in [7, 11) is 1.59. The Morgan fingerprint density at radius 1 is 1.35 bits per heavy atom. The highest BCUT2D eigenvalue weighted by atomic mass is 32.2. The number of thiophene rings is 1. The molecule has 1 aromatic carbocycles. The fraction of sp³-hybridized carbons (Fsp3) is 0.278. The van der Waals surface area contributed by atoms with E-state index >= 15 is 0 Å². The van der Waals surface area contributed by atoms with Crippen LogP contribution in [0.3, 0.4) is 0 Å².